The van der Waals surface area contributed by atoms with E-state index >= 15 is 0 Å². The highest BCUT2D eigenvalue weighted by atomic mass is 16.5. The Hall–Kier alpha value is -1.06. The van der Waals surface area contributed by atoms with E-state index in [1.165, 1.54) is 0 Å². The highest BCUT2D eigenvalue weighted by Gasteiger charge is 2.17. The van der Waals surface area contributed by atoms with Crippen LogP contribution in [-0.4, -0.2) is 24.4 Å². The maximum absolute atomic E-state index is 10.1. The number of rotatable bonds is 6. The van der Waals surface area contributed by atoms with E-state index < -0.39 is 6.10 Å². The summed E-state index contributed by atoms with van der Waals surface area (Å²) in [5.41, 5.74) is 0.955. The smallest absolute Gasteiger partial charge is 0.119 e. The minimum absolute atomic E-state index is 0.349. The molecule has 0 aromatic heterocycles. The van der Waals surface area contributed by atoms with E-state index in [4.69, 9.17) is 9.47 Å². The summed E-state index contributed by atoms with van der Waals surface area (Å²) in [5, 5.41) is 10.1. The van der Waals surface area contributed by atoms with Crippen LogP contribution in [0.5, 0.6) is 5.75 Å². The van der Waals surface area contributed by atoms with E-state index in [0.29, 0.717) is 12.7 Å². The number of benzene rings is 1. The van der Waals surface area contributed by atoms with Crippen molar-refractivity contribution in [3.63, 3.8) is 0 Å². The highest BCUT2D eigenvalue weighted by Crippen LogP contribution is 2.25. The van der Waals surface area contributed by atoms with Crippen LogP contribution in [0.3, 0.4) is 0 Å². The first-order valence-electron chi connectivity index (χ1n) is 6.82. The summed E-state index contributed by atoms with van der Waals surface area (Å²) in [7, 11) is 0. The Bertz CT molecular complexity index is 341. The largest absolute Gasteiger partial charge is 0.494 e. The molecule has 1 heterocycles. The van der Waals surface area contributed by atoms with Crippen LogP contribution >= 0.6 is 0 Å². The van der Waals surface area contributed by atoms with Crippen molar-refractivity contribution in [2.45, 2.75) is 44.8 Å². The monoisotopic (exact) mass is 250 g/mol. The molecule has 1 aromatic carbocycles. The van der Waals surface area contributed by atoms with Gasteiger partial charge in [0.2, 0.25) is 0 Å². The third-order valence-electron chi connectivity index (χ3n) is 3.36. The summed E-state index contributed by atoms with van der Waals surface area (Å²) in [6, 6.07) is 7.69. The molecule has 3 heteroatoms. The number of aliphatic hydroxyl groups is 1. The van der Waals surface area contributed by atoms with Crippen LogP contribution < -0.4 is 4.74 Å². The van der Waals surface area contributed by atoms with E-state index in [0.717, 1.165) is 43.6 Å². The Labute approximate surface area is 109 Å². The molecule has 0 spiro atoms. The second-order valence-electron chi connectivity index (χ2n) is 4.73. The maximum Gasteiger partial charge on any atom is 0.119 e. The predicted molar refractivity (Wildman–Crippen MR) is 70.8 cm³/mol. The van der Waals surface area contributed by atoms with Crippen molar-refractivity contribution in [1.29, 1.82) is 0 Å². The first-order chi connectivity index (χ1) is 8.79. The van der Waals surface area contributed by atoms with Gasteiger partial charge in [-0.2, -0.15) is 0 Å². The van der Waals surface area contributed by atoms with Crippen LogP contribution in [0.1, 0.15) is 44.3 Å². The first kappa shape index (κ1) is 13.4. The van der Waals surface area contributed by atoms with Crippen LogP contribution in [0, 0.1) is 0 Å². The van der Waals surface area contributed by atoms with E-state index in [1.807, 2.05) is 31.2 Å². The van der Waals surface area contributed by atoms with E-state index in [9.17, 15) is 5.11 Å². The van der Waals surface area contributed by atoms with Gasteiger partial charge >= 0.3 is 0 Å². The fourth-order valence-electron chi connectivity index (χ4n) is 2.34. The Kier molecular flexibility index (Phi) is 5.02. The molecule has 1 aromatic rings. The van der Waals surface area contributed by atoms with Gasteiger partial charge in [0.05, 0.1) is 18.8 Å². The summed E-state index contributed by atoms with van der Waals surface area (Å²) in [6.45, 7) is 3.51. The summed E-state index contributed by atoms with van der Waals surface area (Å²) in [5.74, 6) is 0.854. The second kappa shape index (κ2) is 6.76. The lowest BCUT2D eigenvalue weighted by atomic mass is 10.0. The average molecular weight is 250 g/mol. The minimum atomic E-state index is -0.398. The summed E-state index contributed by atoms with van der Waals surface area (Å²) >= 11 is 0. The van der Waals surface area contributed by atoms with Gasteiger partial charge in [-0.1, -0.05) is 12.1 Å². The molecule has 0 bridgehead atoms. The third-order valence-corrected chi connectivity index (χ3v) is 3.36. The number of aliphatic hydroxyl groups excluding tert-OH is 1. The molecule has 2 rings (SSSR count). The molecule has 2 atom stereocenters. The zero-order valence-electron chi connectivity index (χ0n) is 11.0. The summed E-state index contributed by atoms with van der Waals surface area (Å²) < 4.78 is 10.9. The van der Waals surface area contributed by atoms with Crippen molar-refractivity contribution in [2.24, 2.45) is 0 Å². The molecule has 18 heavy (non-hydrogen) atoms. The van der Waals surface area contributed by atoms with Crippen LogP contribution in [-0.2, 0) is 4.74 Å². The van der Waals surface area contributed by atoms with Gasteiger partial charge in [0, 0.05) is 6.61 Å². The molecule has 0 aliphatic carbocycles. The van der Waals surface area contributed by atoms with Gasteiger partial charge in [-0.15, -0.1) is 0 Å². The Balaban J connectivity index is 1.81. The zero-order valence-corrected chi connectivity index (χ0v) is 11.0. The molecule has 1 aliphatic heterocycles. The van der Waals surface area contributed by atoms with Gasteiger partial charge in [0.1, 0.15) is 5.75 Å². The molecule has 1 aliphatic rings. The fourth-order valence-corrected chi connectivity index (χ4v) is 2.34. The fraction of sp³-hybridized carbons (Fsp3) is 0.600. The predicted octanol–water partition coefficient (Wildman–Crippen LogP) is 3.08. The third kappa shape index (κ3) is 3.72. The van der Waals surface area contributed by atoms with Crippen molar-refractivity contribution in [3.05, 3.63) is 29.8 Å². The van der Waals surface area contributed by atoms with Gasteiger partial charge < -0.3 is 14.6 Å². The summed E-state index contributed by atoms with van der Waals surface area (Å²) in [4.78, 5) is 0. The van der Waals surface area contributed by atoms with Gasteiger partial charge in [-0.05, 0) is 50.3 Å². The zero-order chi connectivity index (χ0) is 12.8. The lowest BCUT2D eigenvalue weighted by molar-refractivity contribution is 0.0812. The summed E-state index contributed by atoms with van der Waals surface area (Å²) in [6.07, 6.45) is 3.94. The number of hydrogen-bond donors (Lipinski definition) is 1. The molecule has 1 fully saturated rings. The maximum atomic E-state index is 10.1. The van der Waals surface area contributed by atoms with E-state index in [2.05, 4.69) is 0 Å². The van der Waals surface area contributed by atoms with Crippen LogP contribution in [0.2, 0.25) is 0 Å². The number of hydrogen-bond acceptors (Lipinski definition) is 3. The first-order valence-corrected chi connectivity index (χ1v) is 6.82. The topological polar surface area (TPSA) is 38.7 Å². The molecule has 1 saturated heterocycles. The standard InChI is InChI=1S/C15H22O3/c1-2-17-14-7-5-12(6-8-14)15(16)10-9-13-4-3-11-18-13/h5-8,13,15-16H,2-4,9-11H2,1H3. The van der Waals surface area contributed by atoms with Crippen molar-refractivity contribution >= 4 is 0 Å². The van der Waals surface area contributed by atoms with Crippen molar-refractivity contribution in [2.75, 3.05) is 13.2 Å². The SMILES string of the molecule is CCOc1ccc(C(O)CCC2CCCO2)cc1. The Morgan fingerprint density at radius 2 is 2.17 bits per heavy atom. The van der Waals surface area contributed by atoms with Gasteiger partial charge in [0.25, 0.3) is 0 Å². The van der Waals surface area contributed by atoms with Crippen LogP contribution in [0.15, 0.2) is 24.3 Å². The molecule has 1 N–H and O–H groups in total. The normalized spacial score (nSPS) is 20.9. The lowest BCUT2D eigenvalue weighted by Gasteiger charge is -2.14. The molecule has 100 valence electrons. The molecule has 0 saturated carbocycles. The average Bonchev–Trinajstić information content (AvgIpc) is 2.90. The molecule has 3 nitrogen and oxygen atoms in total. The van der Waals surface area contributed by atoms with Crippen molar-refractivity contribution in [3.8, 4) is 5.75 Å². The van der Waals surface area contributed by atoms with E-state index in [1.54, 1.807) is 0 Å². The molecular weight excluding hydrogens is 228 g/mol. The lowest BCUT2D eigenvalue weighted by Crippen LogP contribution is -2.08. The van der Waals surface area contributed by atoms with Gasteiger partial charge in [-0.25, -0.2) is 0 Å². The van der Waals surface area contributed by atoms with Crippen molar-refractivity contribution < 1.29 is 14.6 Å². The molecular formula is C15H22O3. The molecule has 0 radical (unpaired) electrons. The van der Waals surface area contributed by atoms with Crippen LogP contribution in [0.4, 0.5) is 0 Å². The van der Waals surface area contributed by atoms with E-state index in [-0.39, 0.29) is 0 Å². The molecule has 2 unspecified atom stereocenters. The molecule has 0 amide bonds. The Morgan fingerprint density at radius 3 is 2.78 bits per heavy atom. The van der Waals surface area contributed by atoms with Crippen LogP contribution in [0.25, 0.3) is 0 Å². The minimum Gasteiger partial charge on any atom is -0.494 e. The number of ether oxygens (including phenoxy) is 2. The highest BCUT2D eigenvalue weighted by molar-refractivity contribution is 5.28. The van der Waals surface area contributed by atoms with Crippen molar-refractivity contribution in [1.82, 2.24) is 0 Å². The quantitative estimate of drug-likeness (QED) is 0.843. The van der Waals surface area contributed by atoms with Gasteiger partial charge in [-0.3, -0.25) is 0 Å². The second-order valence-corrected chi connectivity index (χ2v) is 4.73. The Morgan fingerprint density at radius 1 is 1.39 bits per heavy atom. The van der Waals surface area contributed by atoms with Gasteiger partial charge in [0.15, 0.2) is 0 Å².